The third kappa shape index (κ3) is 17.7. The van der Waals surface area contributed by atoms with Crippen LogP contribution in [0.15, 0.2) is 144 Å². The van der Waals surface area contributed by atoms with E-state index in [9.17, 15) is 0 Å². The van der Waals surface area contributed by atoms with Gasteiger partial charge in [-0.15, -0.1) is 0 Å². The van der Waals surface area contributed by atoms with Gasteiger partial charge in [0.25, 0.3) is 8.38 Å². The van der Waals surface area contributed by atoms with Crippen LogP contribution >= 0.6 is 16.8 Å². The Bertz CT molecular complexity index is 2720. The summed E-state index contributed by atoms with van der Waals surface area (Å²) in [4.78, 5) is 0. The highest BCUT2D eigenvalue weighted by atomic mass is 31.2. The van der Waals surface area contributed by atoms with Crippen molar-refractivity contribution in [1.29, 1.82) is 0 Å². The molecule has 418 valence electrons. The van der Waals surface area contributed by atoms with Crippen LogP contribution in [0.1, 0.15) is 224 Å². The summed E-state index contributed by atoms with van der Waals surface area (Å²) in [6, 6.07) is 26.8. The van der Waals surface area contributed by atoms with Gasteiger partial charge in [0.2, 0.25) is 0 Å². The number of rotatable bonds is 14. The van der Waals surface area contributed by atoms with E-state index in [1.54, 1.807) is 0 Å². The SMILES string of the molecule is C\C=C/C(=C\C=C\P(Oc1ccc(C(C)(C)C)cc1C(C)(C)C)Oc1ccc(C(C)(C)C)cc1C(C)(C)C)C1=CC=C(CP(Oc2ccc(C(C)(C)C)cc2C(C)(C)C)Oc2ccc(C(C)(C)C)cc2C(C)(C)C)CC=C1. The van der Waals surface area contributed by atoms with E-state index in [-0.39, 0.29) is 43.3 Å². The van der Waals surface area contributed by atoms with E-state index >= 15 is 0 Å². The topological polar surface area (TPSA) is 36.9 Å². The molecule has 0 heterocycles. The lowest BCUT2D eigenvalue weighted by Gasteiger charge is -2.31. The van der Waals surface area contributed by atoms with Gasteiger partial charge in [0.15, 0.2) is 0 Å². The molecule has 0 atom stereocenters. The molecule has 1 aliphatic carbocycles. The molecule has 4 aromatic rings. The summed E-state index contributed by atoms with van der Waals surface area (Å²) in [5, 5.41) is 0. The molecule has 77 heavy (non-hydrogen) atoms. The molecule has 0 radical (unpaired) electrons. The van der Waals surface area contributed by atoms with Crippen LogP contribution in [-0.2, 0) is 43.3 Å². The van der Waals surface area contributed by atoms with E-state index in [1.165, 1.54) is 39.0 Å². The number of benzene rings is 4. The molecule has 4 nitrogen and oxygen atoms in total. The summed E-state index contributed by atoms with van der Waals surface area (Å²) in [6.07, 6.45) is 19.0. The van der Waals surface area contributed by atoms with Gasteiger partial charge in [0, 0.05) is 28.1 Å². The first-order valence-electron chi connectivity index (χ1n) is 28.1. The first-order chi connectivity index (χ1) is 35.2. The fraction of sp³-hybridized carbons (Fsp3) is 0.493. The summed E-state index contributed by atoms with van der Waals surface area (Å²) in [5.41, 5.74) is 12.7. The van der Waals surface area contributed by atoms with Gasteiger partial charge >= 0.3 is 8.38 Å². The Morgan fingerprint density at radius 2 is 0.779 bits per heavy atom. The summed E-state index contributed by atoms with van der Waals surface area (Å²) < 4.78 is 28.6. The molecule has 4 aromatic carbocycles. The molecule has 0 saturated carbocycles. The van der Waals surface area contributed by atoms with Crippen LogP contribution in [-0.4, -0.2) is 6.16 Å². The van der Waals surface area contributed by atoms with Gasteiger partial charge in [-0.25, -0.2) is 0 Å². The van der Waals surface area contributed by atoms with E-state index in [1.807, 2.05) is 0 Å². The van der Waals surface area contributed by atoms with E-state index in [0.29, 0.717) is 6.16 Å². The highest BCUT2D eigenvalue weighted by molar-refractivity contribution is 7.51. The maximum Gasteiger partial charge on any atom is 0.318 e. The van der Waals surface area contributed by atoms with E-state index in [4.69, 9.17) is 18.1 Å². The van der Waals surface area contributed by atoms with Crippen LogP contribution in [0.25, 0.3) is 0 Å². The van der Waals surface area contributed by atoms with Crippen molar-refractivity contribution in [1.82, 2.24) is 0 Å². The lowest BCUT2D eigenvalue weighted by molar-refractivity contribution is 0.459. The van der Waals surface area contributed by atoms with E-state index < -0.39 is 16.8 Å². The van der Waals surface area contributed by atoms with Crippen LogP contribution < -0.4 is 18.1 Å². The lowest BCUT2D eigenvalue weighted by atomic mass is 9.80. The van der Waals surface area contributed by atoms with Crippen molar-refractivity contribution in [3.05, 3.63) is 188 Å². The van der Waals surface area contributed by atoms with Crippen molar-refractivity contribution in [2.75, 3.05) is 6.16 Å². The van der Waals surface area contributed by atoms with Gasteiger partial charge in [0.1, 0.15) is 23.0 Å². The van der Waals surface area contributed by atoms with Crippen LogP contribution in [0.2, 0.25) is 0 Å². The number of hydrogen-bond donors (Lipinski definition) is 0. The van der Waals surface area contributed by atoms with Gasteiger partial charge in [-0.1, -0.05) is 269 Å². The van der Waals surface area contributed by atoms with E-state index in [0.717, 1.165) is 51.7 Å². The van der Waals surface area contributed by atoms with Crippen LogP contribution in [0.4, 0.5) is 0 Å². The van der Waals surface area contributed by atoms with Gasteiger partial charge < -0.3 is 18.1 Å². The predicted molar refractivity (Wildman–Crippen MR) is 339 cm³/mol. The minimum Gasteiger partial charge on any atom is -0.438 e. The average molecular weight is 1080 g/mol. The average Bonchev–Trinajstić information content (AvgIpc) is 3.51. The Morgan fingerprint density at radius 1 is 0.442 bits per heavy atom. The number of hydrogen-bond acceptors (Lipinski definition) is 4. The third-order valence-electron chi connectivity index (χ3n) is 14.1. The molecule has 1 aliphatic rings. The van der Waals surface area contributed by atoms with Gasteiger partial charge in [0.05, 0.1) is 6.16 Å². The normalized spacial score (nSPS) is 14.9. The molecule has 0 bridgehead atoms. The quantitative estimate of drug-likeness (QED) is 0.0931. The molecule has 0 saturated heterocycles. The Balaban J connectivity index is 1.59. The first kappa shape index (κ1) is 63.2. The van der Waals surface area contributed by atoms with Crippen molar-refractivity contribution in [3.63, 3.8) is 0 Å². The lowest BCUT2D eigenvalue weighted by Crippen LogP contribution is -2.18. The zero-order valence-corrected chi connectivity index (χ0v) is 54.4. The Kier molecular flexibility index (Phi) is 19.7. The Hall–Kier alpha value is -4.62. The monoisotopic (exact) mass is 1080 g/mol. The van der Waals surface area contributed by atoms with Crippen molar-refractivity contribution in [3.8, 4) is 23.0 Å². The Morgan fingerprint density at radius 3 is 1.09 bits per heavy atom. The van der Waals surface area contributed by atoms with Crippen molar-refractivity contribution >= 4 is 16.8 Å². The molecule has 5 rings (SSSR count). The second-order valence-corrected chi connectivity index (χ2v) is 32.1. The fourth-order valence-corrected chi connectivity index (χ4v) is 11.6. The zero-order valence-electron chi connectivity index (χ0n) is 52.6. The molecular formula is C71H100O4P2. The molecule has 0 aliphatic heterocycles. The summed E-state index contributed by atoms with van der Waals surface area (Å²) in [5.74, 6) is 5.56. The van der Waals surface area contributed by atoms with Crippen LogP contribution in [0.3, 0.4) is 0 Å². The first-order valence-corrected chi connectivity index (χ1v) is 30.7. The predicted octanol–water partition coefficient (Wildman–Crippen LogP) is 22.1. The summed E-state index contributed by atoms with van der Waals surface area (Å²) >= 11 is 0. The standard InChI is InChI=1S/C71H100O4P2/c1-26-29-50(32-28-43-76(72-60-39-35-52(64(2,3)4)44-56(60)68(14,15)16)73-61-40-36-53(65(5,6)7)45-57(61)69(17,18)19)51-31-27-30-49(33-34-51)48-77(74-62-41-37-54(66(8,9)10)46-58(62)70(20,21)22)75-63-42-38-55(67(11,12)13)47-59(63)71(23,24)25/h26-29,31-47H,30,48H2,1-25H3/b29-26-,43-28+,50-32+. The van der Waals surface area contributed by atoms with Crippen LogP contribution in [0.5, 0.6) is 23.0 Å². The van der Waals surface area contributed by atoms with Crippen molar-refractivity contribution < 1.29 is 18.1 Å². The minimum atomic E-state index is -1.60. The third-order valence-corrected chi connectivity index (χ3v) is 16.7. The molecule has 6 heteroatoms. The van der Waals surface area contributed by atoms with Gasteiger partial charge in [-0.05, 0) is 114 Å². The zero-order chi connectivity index (χ0) is 57.9. The minimum absolute atomic E-state index is 0.00206. The second kappa shape index (κ2) is 24.0. The maximum atomic E-state index is 7.22. The highest BCUT2D eigenvalue weighted by Gasteiger charge is 2.31. The molecule has 0 N–H and O–H groups in total. The largest absolute Gasteiger partial charge is 0.438 e. The van der Waals surface area contributed by atoms with Crippen molar-refractivity contribution in [2.24, 2.45) is 0 Å². The Labute approximate surface area is 472 Å². The van der Waals surface area contributed by atoms with Crippen LogP contribution in [0, 0.1) is 0 Å². The molecule has 0 fully saturated rings. The smallest absolute Gasteiger partial charge is 0.318 e. The van der Waals surface area contributed by atoms with Crippen molar-refractivity contribution in [2.45, 2.75) is 223 Å². The molecule has 0 amide bonds. The van der Waals surface area contributed by atoms with Gasteiger partial charge in [-0.2, -0.15) is 0 Å². The highest BCUT2D eigenvalue weighted by Crippen LogP contribution is 2.51. The second-order valence-electron chi connectivity index (χ2n) is 29.5. The summed E-state index contributed by atoms with van der Waals surface area (Å²) in [6.45, 7) is 56.5. The van der Waals surface area contributed by atoms with E-state index in [2.05, 4.69) is 300 Å². The molecule has 0 spiro atoms. The maximum absolute atomic E-state index is 7.22. The molecule has 0 aromatic heterocycles. The molecular weight excluding hydrogens is 979 g/mol. The molecule has 0 unspecified atom stereocenters. The summed E-state index contributed by atoms with van der Waals surface area (Å²) in [7, 11) is -3.08. The van der Waals surface area contributed by atoms with Gasteiger partial charge in [-0.3, -0.25) is 0 Å². The number of allylic oxidation sites excluding steroid dienone is 11. The fourth-order valence-electron chi connectivity index (χ4n) is 9.01.